The molecule has 0 saturated carbocycles. The molecule has 0 fully saturated rings. The molecule has 1 aliphatic heterocycles. The Bertz CT molecular complexity index is 730. The van der Waals surface area contributed by atoms with Crippen molar-refractivity contribution in [3.8, 4) is 5.75 Å². The van der Waals surface area contributed by atoms with Gasteiger partial charge in [-0.3, -0.25) is 4.79 Å². The zero-order valence-corrected chi connectivity index (χ0v) is 13.3. The van der Waals surface area contributed by atoms with Crippen LogP contribution in [0.4, 0.5) is 4.79 Å². The maximum absolute atomic E-state index is 12.0. The third kappa shape index (κ3) is 3.11. The van der Waals surface area contributed by atoms with Crippen LogP contribution in [0.5, 0.6) is 5.75 Å². The number of aliphatic carboxylic acids is 1. The van der Waals surface area contributed by atoms with Gasteiger partial charge in [0.2, 0.25) is 0 Å². The van der Waals surface area contributed by atoms with Gasteiger partial charge in [0.1, 0.15) is 11.8 Å². The molecule has 23 heavy (non-hydrogen) atoms. The fraction of sp³-hybridized carbons (Fsp3) is 0.214. The van der Waals surface area contributed by atoms with Gasteiger partial charge in [0.15, 0.2) is 0 Å². The highest BCUT2D eigenvalue weighted by Gasteiger charge is 2.39. The smallest absolute Gasteiger partial charge is 0.415 e. The number of carboxylic acids is 1. The van der Waals surface area contributed by atoms with Gasteiger partial charge in [-0.25, -0.2) is 14.5 Å². The minimum atomic E-state index is -1.64. The third-order valence-electron chi connectivity index (χ3n) is 3.35. The van der Waals surface area contributed by atoms with Crippen LogP contribution in [0.1, 0.15) is 12.0 Å². The lowest BCUT2D eigenvalue weighted by atomic mass is 9.93. The Morgan fingerprint density at radius 2 is 1.96 bits per heavy atom. The number of carboxylic acid groups (broad SMARTS) is 2. The van der Waals surface area contributed by atoms with Gasteiger partial charge in [-0.1, -0.05) is 23.2 Å². The van der Waals surface area contributed by atoms with Crippen LogP contribution >= 0.6 is 23.2 Å². The molecule has 9 heteroatoms. The molecule has 0 bridgehead atoms. The first-order chi connectivity index (χ1) is 10.8. The number of carbonyl (C=O) groups is 3. The number of rotatable bonds is 3. The zero-order chi connectivity index (χ0) is 17.3. The second kappa shape index (κ2) is 6.47. The lowest BCUT2D eigenvalue weighted by Crippen LogP contribution is -2.49. The largest absolute Gasteiger partial charge is 0.496 e. The second-order valence-corrected chi connectivity index (χ2v) is 5.44. The van der Waals surface area contributed by atoms with Crippen molar-refractivity contribution in [2.45, 2.75) is 12.5 Å². The van der Waals surface area contributed by atoms with Crippen molar-refractivity contribution in [1.29, 1.82) is 0 Å². The fourth-order valence-corrected chi connectivity index (χ4v) is 2.77. The molecule has 1 heterocycles. The molecule has 1 aliphatic rings. The van der Waals surface area contributed by atoms with Gasteiger partial charge in [-0.2, -0.15) is 0 Å². The number of methoxy groups -OCH3 is 1. The maximum Gasteiger partial charge on any atom is 0.415 e. The van der Waals surface area contributed by atoms with Gasteiger partial charge >= 0.3 is 12.1 Å². The van der Waals surface area contributed by atoms with Crippen molar-refractivity contribution in [1.82, 2.24) is 4.90 Å². The van der Waals surface area contributed by atoms with Crippen LogP contribution in [-0.2, 0) is 9.59 Å². The van der Waals surface area contributed by atoms with Gasteiger partial charge in [0.05, 0.1) is 17.2 Å². The molecule has 122 valence electrons. The summed E-state index contributed by atoms with van der Waals surface area (Å²) >= 11 is 12.1. The molecular weight excluding hydrogens is 349 g/mol. The van der Waals surface area contributed by atoms with Crippen molar-refractivity contribution in [2.24, 2.45) is 0 Å². The SMILES string of the molecule is COc1ccc(Cl)c(Cl)c1C1=CC(=O)N(C(=O)O)[C@H](C(=O)O)C1. The van der Waals surface area contributed by atoms with E-state index in [2.05, 4.69) is 0 Å². The third-order valence-corrected chi connectivity index (χ3v) is 4.15. The summed E-state index contributed by atoms with van der Waals surface area (Å²) in [6, 6.07) is 1.46. The highest BCUT2D eigenvalue weighted by atomic mass is 35.5. The van der Waals surface area contributed by atoms with E-state index >= 15 is 0 Å². The topological polar surface area (TPSA) is 104 Å². The number of ether oxygens (including phenoxy) is 1. The van der Waals surface area contributed by atoms with Crippen molar-refractivity contribution in [3.63, 3.8) is 0 Å². The number of benzene rings is 1. The number of hydrogen-bond acceptors (Lipinski definition) is 4. The average molecular weight is 360 g/mol. The molecule has 0 spiro atoms. The molecular formula is C14H11Cl2NO6. The lowest BCUT2D eigenvalue weighted by Gasteiger charge is -2.29. The summed E-state index contributed by atoms with van der Waals surface area (Å²) in [7, 11) is 1.38. The van der Waals surface area contributed by atoms with Crippen LogP contribution in [0.2, 0.25) is 10.0 Å². The van der Waals surface area contributed by atoms with E-state index in [-0.39, 0.29) is 32.5 Å². The molecule has 7 nitrogen and oxygen atoms in total. The van der Waals surface area contributed by atoms with E-state index in [4.69, 9.17) is 33.0 Å². The van der Waals surface area contributed by atoms with E-state index in [1.807, 2.05) is 0 Å². The fourth-order valence-electron chi connectivity index (χ4n) is 2.33. The number of nitrogens with zero attached hydrogens (tertiary/aromatic N) is 1. The quantitative estimate of drug-likeness (QED) is 0.859. The van der Waals surface area contributed by atoms with Crippen LogP contribution in [0.3, 0.4) is 0 Å². The maximum atomic E-state index is 12.0. The molecule has 1 aromatic rings. The van der Waals surface area contributed by atoms with Gasteiger partial charge in [0.25, 0.3) is 5.91 Å². The predicted molar refractivity (Wildman–Crippen MR) is 81.9 cm³/mol. The first-order valence-electron chi connectivity index (χ1n) is 6.29. The van der Waals surface area contributed by atoms with E-state index in [0.717, 1.165) is 6.08 Å². The van der Waals surface area contributed by atoms with Crippen LogP contribution in [0.25, 0.3) is 5.57 Å². The Kier molecular flexibility index (Phi) is 4.82. The number of hydrogen-bond donors (Lipinski definition) is 2. The Hall–Kier alpha value is -2.25. The molecule has 0 aromatic heterocycles. The summed E-state index contributed by atoms with van der Waals surface area (Å²) < 4.78 is 5.17. The predicted octanol–water partition coefficient (Wildman–Crippen LogP) is 2.75. The molecule has 0 saturated heterocycles. The molecule has 0 aliphatic carbocycles. The number of imide groups is 1. The Labute approximate surface area is 140 Å². The first-order valence-corrected chi connectivity index (χ1v) is 7.05. The number of halogens is 2. The Morgan fingerprint density at radius 3 is 2.48 bits per heavy atom. The molecule has 2 amide bonds. The minimum absolute atomic E-state index is 0.0954. The van der Waals surface area contributed by atoms with Crippen LogP contribution in [0, 0.1) is 0 Å². The molecule has 2 rings (SSSR count). The zero-order valence-electron chi connectivity index (χ0n) is 11.7. The first kappa shape index (κ1) is 17.1. The highest BCUT2D eigenvalue weighted by Crippen LogP contribution is 2.41. The summed E-state index contributed by atoms with van der Waals surface area (Å²) in [6.45, 7) is 0. The Balaban J connectivity index is 2.60. The molecule has 1 atom stereocenters. The molecule has 2 N–H and O–H groups in total. The van der Waals surface area contributed by atoms with E-state index in [9.17, 15) is 19.5 Å². The normalized spacial score (nSPS) is 17.7. The van der Waals surface area contributed by atoms with Crippen molar-refractivity contribution < 1.29 is 29.3 Å². The summed E-state index contributed by atoms with van der Waals surface area (Å²) in [5.41, 5.74) is 0.510. The van der Waals surface area contributed by atoms with Crippen LogP contribution in [0.15, 0.2) is 18.2 Å². The van der Waals surface area contributed by atoms with Crippen molar-refractivity contribution >= 4 is 46.7 Å². The van der Waals surface area contributed by atoms with E-state index < -0.39 is 24.0 Å². The van der Waals surface area contributed by atoms with Gasteiger partial charge in [-0.15, -0.1) is 0 Å². The van der Waals surface area contributed by atoms with Gasteiger partial charge < -0.3 is 14.9 Å². The Morgan fingerprint density at radius 1 is 1.30 bits per heavy atom. The standard InChI is InChI=1S/C14H11Cl2NO6/c1-23-9-3-2-7(15)12(16)11(9)6-4-8(13(19)20)17(14(21)22)10(18)5-6/h2-3,5,8H,4H2,1H3,(H,19,20)(H,21,22)/t8-/m0/s1. The highest BCUT2D eigenvalue weighted by molar-refractivity contribution is 6.43. The summed E-state index contributed by atoms with van der Waals surface area (Å²) in [5, 5.41) is 18.5. The average Bonchev–Trinajstić information content (AvgIpc) is 2.48. The molecule has 1 aromatic carbocycles. The molecule has 0 radical (unpaired) electrons. The van der Waals surface area contributed by atoms with Gasteiger partial charge in [0, 0.05) is 18.1 Å². The number of carbonyl (C=O) groups excluding carboxylic acids is 1. The summed E-state index contributed by atoms with van der Waals surface area (Å²) in [4.78, 5) is 34.7. The van der Waals surface area contributed by atoms with Crippen LogP contribution < -0.4 is 4.74 Å². The van der Waals surface area contributed by atoms with Crippen molar-refractivity contribution in [3.05, 3.63) is 33.8 Å². The number of amides is 2. The lowest BCUT2D eigenvalue weighted by molar-refractivity contribution is -0.147. The monoisotopic (exact) mass is 359 g/mol. The molecule has 0 unspecified atom stereocenters. The van der Waals surface area contributed by atoms with E-state index in [1.54, 1.807) is 0 Å². The minimum Gasteiger partial charge on any atom is -0.496 e. The van der Waals surface area contributed by atoms with Crippen molar-refractivity contribution in [2.75, 3.05) is 7.11 Å². The summed E-state index contributed by atoms with van der Waals surface area (Å²) in [6.07, 6.45) is -0.862. The van der Waals surface area contributed by atoms with Gasteiger partial charge in [-0.05, 0) is 17.7 Å². The van der Waals surface area contributed by atoms with E-state index in [0.29, 0.717) is 5.75 Å². The summed E-state index contributed by atoms with van der Waals surface area (Å²) in [5.74, 6) is -2.11. The van der Waals surface area contributed by atoms with Crippen LogP contribution in [-0.4, -0.2) is 46.2 Å². The van der Waals surface area contributed by atoms with E-state index in [1.165, 1.54) is 19.2 Å². The second-order valence-electron chi connectivity index (χ2n) is 4.66.